The fourth-order valence-electron chi connectivity index (χ4n) is 1.62. The first kappa shape index (κ1) is 14.1. The number of aromatic nitrogens is 3. The van der Waals surface area contributed by atoms with E-state index in [2.05, 4.69) is 25.7 Å². The van der Waals surface area contributed by atoms with Crippen LogP contribution in [0, 0.1) is 4.77 Å². The van der Waals surface area contributed by atoms with Gasteiger partial charge in [-0.2, -0.15) is 10.1 Å². The molecule has 0 amide bonds. The maximum Gasteiger partial charge on any atom is 0.238 e. The van der Waals surface area contributed by atoms with Crippen LogP contribution in [0.1, 0.15) is 12.5 Å². The molecule has 1 heterocycles. The van der Waals surface area contributed by atoms with E-state index in [0.717, 1.165) is 17.0 Å². The van der Waals surface area contributed by atoms with E-state index in [1.807, 2.05) is 19.1 Å². The van der Waals surface area contributed by atoms with Gasteiger partial charge in [-0.3, -0.25) is 10.2 Å². The van der Waals surface area contributed by atoms with Crippen LogP contribution in [0.2, 0.25) is 0 Å². The number of H-pyrrole nitrogens is 2. The molecule has 20 heavy (non-hydrogen) atoms. The number of nitrogens with zero attached hydrogens (tertiary/aromatic N) is 2. The predicted octanol–water partition coefficient (Wildman–Crippen LogP) is 2.32. The minimum atomic E-state index is 0.363. The highest BCUT2D eigenvalue weighted by Gasteiger charge is 2.08. The summed E-state index contributed by atoms with van der Waals surface area (Å²) in [6.07, 6.45) is 0. The van der Waals surface area contributed by atoms with Crippen molar-refractivity contribution in [3.8, 4) is 11.5 Å². The summed E-state index contributed by atoms with van der Waals surface area (Å²) in [7, 11) is 3.21. The number of hydrazone groups is 1. The van der Waals surface area contributed by atoms with E-state index in [-0.39, 0.29) is 0 Å². The Hall–Kier alpha value is -2.35. The molecule has 1 aromatic carbocycles. The summed E-state index contributed by atoms with van der Waals surface area (Å²) in [5.74, 6) is 1.85. The van der Waals surface area contributed by atoms with Crippen molar-refractivity contribution in [1.82, 2.24) is 15.2 Å². The highest BCUT2D eigenvalue weighted by molar-refractivity contribution is 7.71. The second-order valence-corrected chi connectivity index (χ2v) is 4.28. The van der Waals surface area contributed by atoms with Crippen LogP contribution in [0.4, 0.5) is 5.95 Å². The van der Waals surface area contributed by atoms with Gasteiger partial charge in [-0.05, 0) is 31.3 Å². The number of aromatic amines is 2. The number of nitrogens with one attached hydrogen (secondary N) is 3. The van der Waals surface area contributed by atoms with Crippen molar-refractivity contribution in [2.24, 2.45) is 5.10 Å². The average Bonchev–Trinajstić information content (AvgIpc) is 2.89. The predicted molar refractivity (Wildman–Crippen MR) is 79.2 cm³/mol. The Morgan fingerprint density at radius 2 is 2.10 bits per heavy atom. The number of rotatable bonds is 5. The molecule has 0 aliphatic rings. The fourth-order valence-corrected chi connectivity index (χ4v) is 1.76. The topological polar surface area (TPSA) is 87.3 Å². The van der Waals surface area contributed by atoms with Crippen molar-refractivity contribution in [1.29, 1.82) is 0 Å². The Morgan fingerprint density at radius 1 is 1.30 bits per heavy atom. The maximum atomic E-state index is 5.33. The number of methoxy groups -OCH3 is 2. The van der Waals surface area contributed by atoms with Gasteiger partial charge in [-0.15, -0.1) is 0 Å². The lowest BCUT2D eigenvalue weighted by molar-refractivity contribution is 0.394. The summed E-state index contributed by atoms with van der Waals surface area (Å²) in [5.41, 5.74) is 4.38. The van der Waals surface area contributed by atoms with Crippen LogP contribution in [-0.4, -0.2) is 35.1 Å². The van der Waals surface area contributed by atoms with Crippen LogP contribution in [0.5, 0.6) is 11.5 Å². The zero-order valence-electron chi connectivity index (χ0n) is 11.4. The SMILES string of the molecule is COc1ccc(/C(C)=N\Nc2nc(=S)[nH][nH]2)c(OC)c1. The van der Waals surface area contributed by atoms with E-state index in [0.29, 0.717) is 16.5 Å². The lowest BCUT2D eigenvalue weighted by atomic mass is 10.1. The van der Waals surface area contributed by atoms with Gasteiger partial charge < -0.3 is 9.47 Å². The van der Waals surface area contributed by atoms with Crippen molar-refractivity contribution < 1.29 is 9.47 Å². The molecule has 2 aromatic rings. The van der Waals surface area contributed by atoms with E-state index < -0.39 is 0 Å². The number of hydrogen-bond donors (Lipinski definition) is 3. The fraction of sp³-hybridized carbons (Fsp3) is 0.250. The Morgan fingerprint density at radius 3 is 2.70 bits per heavy atom. The van der Waals surface area contributed by atoms with Crippen LogP contribution in [0.25, 0.3) is 0 Å². The van der Waals surface area contributed by atoms with Crippen LogP contribution in [-0.2, 0) is 0 Å². The van der Waals surface area contributed by atoms with Crippen LogP contribution in [0.3, 0.4) is 0 Å². The van der Waals surface area contributed by atoms with Crippen molar-refractivity contribution in [2.45, 2.75) is 6.92 Å². The van der Waals surface area contributed by atoms with Crippen LogP contribution >= 0.6 is 12.2 Å². The van der Waals surface area contributed by atoms with Crippen molar-refractivity contribution in [2.75, 3.05) is 19.6 Å². The first-order chi connectivity index (χ1) is 9.63. The lowest BCUT2D eigenvalue weighted by Gasteiger charge is -2.10. The highest BCUT2D eigenvalue weighted by Crippen LogP contribution is 2.25. The summed E-state index contributed by atoms with van der Waals surface area (Å²) in [6.45, 7) is 1.86. The average molecular weight is 293 g/mol. The van der Waals surface area contributed by atoms with Crippen LogP contribution < -0.4 is 14.9 Å². The first-order valence-corrected chi connectivity index (χ1v) is 6.22. The standard InChI is InChI=1S/C12H15N5O2S/c1-7(14-15-11-13-12(20)17-16-11)9-5-4-8(18-2)6-10(9)19-3/h4-6H,1-3H3,(H3,13,15,16,17,20)/b14-7-. The lowest BCUT2D eigenvalue weighted by Crippen LogP contribution is -2.03. The minimum Gasteiger partial charge on any atom is -0.497 e. The molecule has 0 saturated heterocycles. The monoisotopic (exact) mass is 293 g/mol. The summed E-state index contributed by atoms with van der Waals surface area (Å²) in [5, 5.41) is 9.65. The molecule has 1 aromatic heterocycles. The van der Waals surface area contributed by atoms with Gasteiger partial charge in [0.1, 0.15) is 11.5 Å². The molecule has 0 aliphatic heterocycles. The van der Waals surface area contributed by atoms with Gasteiger partial charge in [0.05, 0.1) is 19.9 Å². The summed E-state index contributed by atoms with van der Waals surface area (Å²) >= 11 is 4.85. The van der Waals surface area contributed by atoms with Crippen molar-refractivity contribution in [3.05, 3.63) is 28.5 Å². The van der Waals surface area contributed by atoms with E-state index >= 15 is 0 Å². The van der Waals surface area contributed by atoms with Gasteiger partial charge >= 0.3 is 0 Å². The highest BCUT2D eigenvalue weighted by atomic mass is 32.1. The molecular formula is C12H15N5O2S. The normalized spacial score (nSPS) is 11.2. The Bertz CT molecular complexity index is 676. The van der Waals surface area contributed by atoms with Gasteiger partial charge in [0.15, 0.2) is 0 Å². The molecule has 0 aliphatic carbocycles. The molecule has 0 fully saturated rings. The molecule has 0 radical (unpaired) electrons. The quantitative estimate of drug-likeness (QED) is 0.447. The third-order valence-corrected chi connectivity index (χ3v) is 2.82. The van der Waals surface area contributed by atoms with Crippen LogP contribution in [0.15, 0.2) is 23.3 Å². The van der Waals surface area contributed by atoms with E-state index in [1.54, 1.807) is 20.3 Å². The minimum absolute atomic E-state index is 0.363. The second kappa shape index (κ2) is 6.20. The van der Waals surface area contributed by atoms with Gasteiger partial charge in [0.2, 0.25) is 10.7 Å². The Kier molecular flexibility index (Phi) is 4.36. The Balaban J connectivity index is 2.23. The molecule has 3 N–H and O–H groups in total. The van der Waals surface area contributed by atoms with E-state index in [1.165, 1.54) is 0 Å². The molecule has 0 spiro atoms. The second-order valence-electron chi connectivity index (χ2n) is 3.89. The first-order valence-electron chi connectivity index (χ1n) is 5.81. The number of hydrogen-bond acceptors (Lipinski definition) is 6. The number of ether oxygens (including phenoxy) is 2. The van der Waals surface area contributed by atoms with E-state index in [9.17, 15) is 0 Å². The molecular weight excluding hydrogens is 278 g/mol. The summed E-state index contributed by atoms with van der Waals surface area (Å²) in [6, 6.07) is 5.53. The van der Waals surface area contributed by atoms with Crippen molar-refractivity contribution >= 4 is 23.9 Å². The maximum absolute atomic E-state index is 5.33. The molecule has 0 saturated carbocycles. The molecule has 0 atom stereocenters. The molecule has 7 nitrogen and oxygen atoms in total. The molecule has 2 rings (SSSR count). The Labute approximate surface area is 121 Å². The smallest absolute Gasteiger partial charge is 0.238 e. The molecule has 0 bridgehead atoms. The number of benzene rings is 1. The van der Waals surface area contributed by atoms with Gasteiger partial charge in [0, 0.05) is 11.6 Å². The number of anilines is 1. The van der Waals surface area contributed by atoms with E-state index in [4.69, 9.17) is 21.7 Å². The summed E-state index contributed by atoms with van der Waals surface area (Å²) in [4.78, 5) is 3.98. The third kappa shape index (κ3) is 3.15. The molecule has 0 unspecified atom stereocenters. The zero-order valence-corrected chi connectivity index (χ0v) is 12.2. The third-order valence-electron chi connectivity index (χ3n) is 2.63. The van der Waals surface area contributed by atoms with Gasteiger partial charge in [-0.25, -0.2) is 5.43 Å². The van der Waals surface area contributed by atoms with Gasteiger partial charge in [-0.1, -0.05) is 0 Å². The zero-order chi connectivity index (χ0) is 14.5. The van der Waals surface area contributed by atoms with Crippen molar-refractivity contribution in [3.63, 3.8) is 0 Å². The molecule has 8 heteroatoms. The summed E-state index contributed by atoms with van der Waals surface area (Å²) < 4.78 is 10.9. The van der Waals surface area contributed by atoms with Gasteiger partial charge in [0.25, 0.3) is 0 Å². The molecule has 106 valence electrons. The largest absolute Gasteiger partial charge is 0.497 e.